The highest BCUT2D eigenvalue weighted by molar-refractivity contribution is 7.89. The molecule has 24 heavy (non-hydrogen) atoms. The number of hydrogen-bond donors (Lipinski definition) is 0. The molecule has 0 heterocycles. The highest BCUT2D eigenvalue weighted by Crippen LogP contribution is 2.19. The summed E-state index contributed by atoms with van der Waals surface area (Å²) in [6, 6.07) is 13.2. The Bertz CT molecular complexity index is 794. The van der Waals surface area contributed by atoms with Crippen LogP contribution in [0.15, 0.2) is 48.5 Å². The second kappa shape index (κ2) is 7.97. The normalized spacial score (nSPS) is 11.1. The minimum absolute atomic E-state index is 0.114. The largest absolute Gasteiger partial charge is 0.494 e. The van der Waals surface area contributed by atoms with Gasteiger partial charge in [0.2, 0.25) is 0 Å². The predicted octanol–water partition coefficient (Wildman–Crippen LogP) is 3.24. The quantitative estimate of drug-likeness (QED) is 0.567. The molecule has 0 aliphatic rings. The van der Waals surface area contributed by atoms with E-state index in [9.17, 15) is 13.2 Å². The van der Waals surface area contributed by atoms with E-state index in [1.807, 2.05) is 6.92 Å². The van der Waals surface area contributed by atoms with Gasteiger partial charge >= 0.3 is 5.97 Å². The van der Waals surface area contributed by atoms with Crippen molar-refractivity contribution in [1.82, 2.24) is 0 Å². The van der Waals surface area contributed by atoms with Crippen LogP contribution in [-0.2, 0) is 15.6 Å². The van der Waals surface area contributed by atoms with Crippen LogP contribution in [0.5, 0.6) is 11.5 Å². The van der Waals surface area contributed by atoms with E-state index in [4.69, 9.17) is 9.47 Å². The zero-order valence-corrected chi connectivity index (χ0v) is 14.5. The maximum absolute atomic E-state index is 12.2. The average Bonchev–Trinajstić information content (AvgIpc) is 2.53. The summed E-state index contributed by atoms with van der Waals surface area (Å²) in [7, 11) is -3.16. The molecule has 0 N–H and O–H groups in total. The topological polar surface area (TPSA) is 69.7 Å². The highest BCUT2D eigenvalue weighted by atomic mass is 32.2. The van der Waals surface area contributed by atoms with Gasteiger partial charge in [0, 0.05) is 6.26 Å². The molecule has 6 heteroatoms. The molecular formula is C18H20O5S. The van der Waals surface area contributed by atoms with Gasteiger partial charge in [-0.25, -0.2) is 13.2 Å². The van der Waals surface area contributed by atoms with Crippen LogP contribution in [0.3, 0.4) is 0 Å². The van der Waals surface area contributed by atoms with E-state index in [1.54, 1.807) is 42.5 Å². The molecule has 128 valence electrons. The SMILES string of the molecule is CCCOc1ccc(OC(=O)c2cccc(CS(C)(=O)=O)c2)cc1. The first-order valence-corrected chi connectivity index (χ1v) is 9.65. The van der Waals surface area contributed by atoms with Crippen molar-refractivity contribution in [3.05, 3.63) is 59.7 Å². The molecule has 0 aliphatic heterocycles. The maximum Gasteiger partial charge on any atom is 0.343 e. The van der Waals surface area contributed by atoms with Crippen molar-refractivity contribution in [2.24, 2.45) is 0 Å². The van der Waals surface area contributed by atoms with E-state index in [2.05, 4.69) is 0 Å². The number of carbonyl (C=O) groups is 1. The summed E-state index contributed by atoms with van der Waals surface area (Å²) in [6.07, 6.45) is 2.07. The Balaban J connectivity index is 2.05. The monoisotopic (exact) mass is 348 g/mol. The first-order chi connectivity index (χ1) is 11.4. The molecule has 2 aromatic carbocycles. The van der Waals surface area contributed by atoms with Crippen LogP contribution < -0.4 is 9.47 Å². The van der Waals surface area contributed by atoms with Crippen LogP contribution >= 0.6 is 0 Å². The molecule has 5 nitrogen and oxygen atoms in total. The van der Waals surface area contributed by atoms with Gasteiger partial charge in [-0.1, -0.05) is 19.1 Å². The average molecular weight is 348 g/mol. The summed E-state index contributed by atoms with van der Waals surface area (Å²) >= 11 is 0. The Labute approximate surface area is 142 Å². The standard InChI is InChI=1S/C18H20O5S/c1-3-11-22-16-7-9-17(10-8-16)23-18(19)15-6-4-5-14(12-15)13-24(2,20)21/h4-10,12H,3,11,13H2,1-2H3. The summed E-state index contributed by atoms with van der Waals surface area (Å²) in [6.45, 7) is 2.65. The molecule has 0 radical (unpaired) electrons. The number of hydrogen-bond acceptors (Lipinski definition) is 5. The van der Waals surface area contributed by atoms with Gasteiger partial charge in [-0.05, 0) is 48.4 Å². The van der Waals surface area contributed by atoms with Gasteiger partial charge in [-0.15, -0.1) is 0 Å². The van der Waals surface area contributed by atoms with Crippen molar-refractivity contribution < 1.29 is 22.7 Å². The number of carbonyl (C=O) groups excluding carboxylic acids is 1. The number of ether oxygens (including phenoxy) is 2. The maximum atomic E-state index is 12.2. The fourth-order valence-corrected chi connectivity index (χ4v) is 2.87. The third kappa shape index (κ3) is 5.70. The molecular weight excluding hydrogens is 328 g/mol. The smallest absolute Gasteiger partial charge is 0.343 e. The first-order valence-electron chi connectivity index (χ1n) is 7.59. The molecule has 0 unspecified atom stereocenters. The molecule has 0 saturated carbocycles. The van der Waals surface area contributed by atoms with Gasteiger partial charge in [0.1, 0.15) is 11.5 Å². The lowest BCUT2D eigenvalue weighted by Gasteiger charge is -2.08. The van der Waals surface area contributed by atoms with E-state index >= 15 is 0 Å². The van der Waals surface area contributed by atoms with Gasteiger partial charge in [-0.2, -0.15) is 0 Å². The molecule has 0 atom stereocenters. The third-order valence-corrected chi connectivity index (χ3v) is 3.96. The lowest BCUT2D eigenvalue weighted by atomic mass is 10.1. The van der Waals surface area contributed by atoms with E-state index in [-0.39, 0.29) is 5.75 Å². The van der Waals surface area contributed by atoms with Gasteiger partial charge in [0.25, 0.3) is 0 Å². The molecule has 0 aromatic heterocycles. The lowest BCUT2D eigenvalue weighted by Crippen LogP contribution is -2.09. The van der Waals surface area contributed by atoms with Crippen LogP contribution in [0.25, 0.3) is 0 Å². The summed E-state index contributed by atoms with van der Waals surface area (Å²) < 4.78 is 33.5. The zero-order valence-electron chi connectivity index (χ0n) is 13.7. The second-order valence-corrected chi connectivity index (χ2v) is 7.62. The van der Waals surface area contributed by atoms with Crippen molar-refractivity contribution in [3.63, 3.8) is 0 Å². The fourth-order valence-electron chi connectivity index (χ4n) is 2.08. The van der Waals surface area contributed by atoms with Crippen LogP contribution in [0, 0.1) is 0 Å². The molecule has 2 rings (SSSR count). The van der Waals surface area contributed by atoms with Gasteiger partial charge < -0.3 is 9.47 Å². The van der Waals surface area contributed by atoms with Crippen molar-refractivity contribution in [1.29, 1.82) is 0 Å². The van der Waals surface area contributed by atoms with Crippen molar-refractivity contribution >= 4 is 15.8 Å². The number of sulfone groups is 1. The molecule has 0 bridgehead atoms. The summed E-state index contributed by atoms with van der Waals surface area (Å²) in [5, 5.41) is 0. The molecule has 0 aliphatic carbocycles. The van der Waals surface area contributed by atoms with Crippen molar-refractivity contribution in [2.45, 2.75) is 19.1 Å². The van der Waals surface area contributed by atoms with Crippen molar-refractivity contribution in [2.75, 3.05) is 12.9 Å². The highest BCUT2D eigenvalue weighted by Gasteiger charge is 2.11. The second-order valence-electron chi connectivity index (χ2n) is 5.48. The Morgan fingerprint density at radius 1 is 1.04 bits per heavy atom. The van der Waals surface area contributed by atoms with Crippen LogP contribution in [0.2, 0.25) is 0 Å². The van der Waals surface area contributed by atoms with E-state index in [1.165, 1.54) is 6.07 Å². The molecule has 0 fully saturated rings. The minimum Gasteiger partial charge on any atom is -0.494 e. The molecule has 0 amide bonds. The molecule has 0 spiro atoms. The summed E-state index contributed by atoms with van der Waals surface area (Å²) in [5.74, 6) is 0.467. The number of esters is 1. The van der Waals surface area contributed by atoms with E-state index < -0.39 is 15.8 Å². The number of rotatable bonds is 7. The van der Waals surface area contributed by atoms with Crippen LogP contribution in [0.4, 0.5) is 0 Å². The van der Waals surface area contributed by atoms with Gasteiger partial charge in [-0.3, -0.25) is 0 Å². The minimum atomic E-state index is -3.16. The Hall–Kier alpha value is -2.34. The lowest BCUT2D eigenvalue weighted by molar-refractivity contribution is 0.0734. The van der Waals surface area contributed by atoms with Crippen molar-refractivity contribution in [3.8, 4) is 11.5 Å². The van der Waals surface area contributed by atoms with E-state index in [0.29, 0.717) is 29.2 Å². The number of benzene rings is 2. The van der Waals surface area contributed by atoms with Gasteiger partial charge in [0.05, 0.1) is 17.9 Å². The molecule has 0 saturated heterocycles. The summed E-state index contributed by atoms with van der Waals surface area (Å²) in [5.41, 5.74) is 0.859. The summed E-state index contributed by atoms with van der Waals surface area (Å²) in [4.78, 5) is 12.2. The van der Waals surface area contributed by atoms with E-state index in [0.717, 1.165) is 12.7 Å². The third-order valence-electron chi connectivity index (χ3n) is 3.10. The fraction of sp³-hybridized carbons (Fsp3) is 0.278. The Morgan fingerprint density at radius 3 is 2.33 bits per heavy atom. The predicted molar refractivity (Wildman–Crippen MR) is 92.2 cm³/mol. The van der Waals surface area contributed by atoms with Crippen LogP contribution in [-0.4, -0.2) is 27.2 Å². The van der Waals surface area contributed by atoms with Crippen LogP contribution in [0.1, 0.15) is 29.3 Å². The zero-order chi connectivity index (χ0) is 17.6. The first kappa shape index (κ1) is 18.0. The Kier molecular flexibility index (Phi) is 5.98. The Morgan fingerprint density at radius 2 is 1.71 bits per heavy atom. The molecule has 2 aromatic rings. The van der Waals surface area contributed by atoms with Gasteiger partial charge in [0.15, 0.2) is 9.84 Å².